The van der Waals surface area contributed by atoms with Crippen LogP contribution >= 0.6 is 13.5 Å². The van der Waals surface area contributed by atoms with Gasteiger partial charge in [-0.25, -0.2) is 0 Å². The summed E-state index contributed by atoms with van der Waals surface area (Å²) in [5.74, 6) is 1.04. The Morgan fingerprint density at radius 1 is 0.314 bits per heavy atom. The summed E-state index contributed by atoms with van der Waals surface area (Å²) < 4.78 is 0. The minimum absolute atomic E-state index is 0. The Balaban J connectivity index is 0.000000962. The van der Waals surface area contributed by atoms with Crippen LogP contribution in [0.25, 0.3) is 0 Å². The Morgan fingerprint density at radius 3 is 0.824 bits per heavy atom. The number of unbranched alkanes of at least 4 members (excludes halogenated alkanes) is 24. The highest BCUT2D eigenvalue weighted by atomic mass is 32.1. The molecule has 0 aliphatic rings. The molecule has 3 heteroatoms. The van der Waals surface area contributed by atoms with Crippen LogP contribution in [-0.2, 0) is 25.7 Å². The molecular formula is C48H86O2S. The zero-order valence-corrected chi connectivity index (χ0v) is 35.5. The van der Waals surface area contributed by atoms with Crippen LogP contribution in [-0.4, -0.2) is 10.2 Å². The molecule has 2 aromatic rings. The molecule has 0 atom stereocenters. The van der Waals surface area contributed by atoms with Crippen LogP contribution in [0.1, 0.15) is 230 Å². The summed E-state index contributed by atoms with van der Waals surface area (Å²) in [7, 11) is 0. The SMILES string of the molecule is CCCCCCCCCc1cccc(O)c1CCCCCCCCC.CCCCCCCCCc1cccc(O)c1CCCCCCCCC.S. The van der Waals surface area contributed by atoms with Crippen LogP contribution in [0.2, 0.25) is 0 Å². The Labute approximate surface area is 325 Å². The third kappa shape index (κ3) is 26.8. The van der Waals surface area contributed by atoms with E-state index in [0.717, 1.165) is 25.7 Å². The summed E-state index contributed by atoms with van der Waals surface area (Å²) in [5, 5.41) is 20.5. The molecule has 0 saturated carbocycles. The van der Waals surface area contributed by atoms with Gasteiger partial charge in [0.05, 0.1) is 0 Å². The van der Waals surface area contributed by atoms with E-state index >= 15 is 0 Å². The van der Waals surface area contributed by atoms with Crippen molar-refractivity contribution in [3.8, 4) is 11.5 Å². The molecule has 296 valence electrons. The lowest BCUT2D eigenvalue weighted by Crippen LogP contribution is -1.96. The molecular weight excluding hydrogens is 641 g/mol. The van der Waals surface area contributed by atoms with E-state index in [0.29, 0.717) is 11.5 Å². The molecule has 0 unspecified atom stereocenters. The van der Waals surface area contributed by atoms with E-state index in [2.05, 4.69) is 39.8 Å². The maximum absolute atomic E-state index is 10.3. The maximum Gasteiger partial charge on any atom is 0.119 e. The Hall–Kier alpha value is -1.61. The van der Waals surface area contributed by atoms with Crippen LogP contribution in [0.3, 0.4) is 0 Å². The van der Waals surface area contributed by atoms with Gasteiger partial charge < -0.3 is 10.2 Å². The summed E-state index contributed by atoms with van der Waals surface area (Å²) in [6, 6.07) is 12.2. The lowest BCUT2D eigenvalue weighted by molar-refractivity contribution is 0.463. The van der Waals surface area contributed by atoms with E-state index in [1.165, 1.54) is 202 Å². The van der Waals surface area contributed by atoms with Crippen molar-refractivity contribution in [2.45, 2.75) is 233 Å². The Morgan fingerprint density at radius 2 is 0.549 bits per heavy atom. The number of hydrogen-bond acceptors (Lipinski definition) is 2. The lowest BCUT2D eigenvalue weighted by atomic mass is 9.95. The highest BCUT2D eigenvalue weighted by Gasteiger charge is 2.09. The van der Waals surface area contributed by atoms with Gasteiger partial charge in [0, 0.05) is 0 Å². The number of phenols is 2. The summed E-state index contributed by atoms with van der Waals surface area (Å²) in [6.45, 7) is 9.08. The van der Waals surface area contributed by atoms with E-state index in [1.54, 1.807) is 0 Å². The molecule has 51 heavy (non-hydrogen) atoms. The molecule has 0 heterocycles. The lowest BCUT2D eigenvalue weighted by Gasteiger charge is -2.12. The largest absolute Gasteiger partial charge is 0.508 e. The van der Waals surface area contributed by atoms with Crippen molar-refractivity contribution in [1.82, 2.24) is 0 Å². The second-order valence-corrected chi connectivity index (χ2v) is 15.3. The van der Waals surface area contributed by atoms with Crippen molar-refractivity contribution in [2.75, 3.05) is 0 Å². The second kappa shape index (κ2) is 36.7. The maximum atomic E-state index is 10.3. The highest BCUT2D eigenvalue weighted by molar-refractivity contribution is 7.59. The van der Waals surface area contributed by atoms with Crippen LogP contribution in [0.4, 0.5) is 0 Å². The van der Waals surface area contributed by atoms with Crippen molar-refractivity contribution in [3.05, 3.63) is 58.7 Å². The van der Waals surface area contributed by atoms with Crippen LogP contribution in [0.5, 0.6) is 11.5 Å². The third-order valence-electron chi connectivity index (χ3n) is 10.7. The van der Waals surface area contributed by atoms with Gasteiger partial charge in [0.15, 0.2) is 0 Å². The highest BCUT2D eigenvalue weighted by Crippen LogP contribution is 2.27. The predicted molar refractivity (Wildman–Crippen MR) is 233 cm³/mol. The van der Waals surface area contributed by atoms with E-state index in [9.17, 15) is 10.2 Å². The molecule has 2 N–H and O–H groups in total. The van der Waals surface area contributed by atoms with Gasteiger partial charge in [-0.15, -0.1) is 0 Å². The van der Waals surface area contributed by atoms with Gasteiger partial charge in [0.2, 0.25) is 0 Å². The van der Waals surface area contributed by atoms with E-state index < -0.39 is 0 Å². The Bertz CT molecular complexity index is 937. The average Bonchev–Trinajstić information content (AvgIpc) is 3.12. The fraction of sp³-hybridized carbons (Fsp3) is 0.750. The first-order valence-corrected chi connectivity index (χ1v) is 22.2. The molecule has 0 spiro atoms. The molecule has 0 bridgehead atoms. The zero-order valence-electron chi connectivity index (χ0n) is 34.5. The summed E-state index contributed by atoms with van der Waals surface area (Å²) in [4.78, 5) is 0. The van der Waals surface area contributed by atoms with Crippen molar-refractivity contribution >= 4 is 13.5 Å². The minimum atomic E-state index is 0. The zero-order chi connectivity index (χ0) is 36.3. The minimum Gasteiger partial charge on any atom is -0.508 e. The summed E-state index contributed by atoms with van der Waals surface area (Å²) >= 11 is 0. The molecule has 0 aliphatic carbocycles. The van der Waals surface area contributed by atoms with E-state index in [-0.39, 0.29) is 13.5 Å². The van der Waals surface area contributed by atoms with E-state index in [1.807, 2.05) is 24.3 Å². The summed E-state index contributed by atoms with van der Waals surface area (Å²) in [5.41, 5.74) is 5.23. The first-order chi connectivity index (χ1) is 24.6. The van der Waals surface area contributed by atoms with Crippen molar-refractivity contribution < 1.29 is 10.2 Å². The fourth-order valence-corrected chi connectivity index (χ4v) is 7.35. The fourth-order valence-electron chi connectivity index (χ4n) is 7.35. The molecule has 2 aromatic carbocycles. The standard InChI is InChI=1S/2C24H42O.H2S/c2*1-3-5-7-9-11-13-15-18-22-19-17-21-24(25)23(22)20-16-14-12-10-8-6-4-2;/h2*17,19,21,25H,3-16,18,20H2,1-2H3;1H2. The van der Waals surface area contributed by atoms with Gasteiger partial charge >= 0.3 is 0 Å². The second-order valence-electron chi connectivity index (χ2n) is 15.3. The molecule has 0 aliphatic heterocycles. The van der Waals surface area contributed by atoms with Crippen molar-refractivity contribution in [3.63, 3.8) is 0 Å². The van der Waals surface area contributed by atoms with Gasteiger partial charge in [0.25, 0.3) is 0 Å². The molecule has 2 nitrogen and oxygen atoms in total. The van der Waals surface area contributed by atoms with Gasteiger partial charge in [-0.3, -0.25) is 0 Å². The quantitative estimate of drug-likeness (QED) is 0.0737. The van der Waals surface area contributed by atoms with Gasteiger partial charge in [-0.2, -0.15) is 13.5 Å². The normalized spacial score (nSPS) is 10.9. The third-order valence-corrected chi connectivity index (χ3v) is 10.7. The number of benzene rings is 2. The molecule has 0 aromatic heterocycles. The monoisotopic (exact) mass is 727 g/mol. The number of hydrogen-bond donors (Lipinski definition) is 2. The van der Waals surface area contributed by atoms with Crippen LogP contribution < -0.4 is 0 Å². The van der Waals surface area contributed by atoms with Gasteiger partial charge in [0.1, 0.15) is 11.5 Å². The summed E-state index contributed by atoms with van der Waals surface area (Å²) in [6.07, 6.45) is 41.9. The van der Waals surface area contributed by atoms with Crippen LogP contribution in [0.15, 0.2) is 36.4 Å². The molecule has 0 amide bonds. The first kappa shape index (κ1) is 49.4. The van der Waals surface area contributed by atoms with Crippen molar-refractivity contribution in [2.24, 2.45) is 0 Å². The predicted octanol–water partition coefficient (Wildman–Crippen LogP) is 16.1. The molecule has 2 rings (SSSR count). The smallest absolute Gasteiger partial charge is 0.119 e. The number of rotatable bonds is 32. The number of aromatic hydroxyl groups is 2. The van der Waals surface area contributed by atoms with Gasteiger partial charge in [-0.1, -0.05) is 206 Å². The Kier molecular flexibility index (Phi) is 35.6. The molecule has 0 radical (unpaired) electrons. The van der Waals surface area contributed by atoms with Crippen LogP contribution in [0, 0.1) is 0 Å². The molecule has 0 saturated heterocycles. The van der Waals surface area contributed by atoms with Crippen molar-refractivity contribution in [1.29, 1.82) is 0 Å². The topological polar surface area (TPSA) is 40.5 Å². The molecule has 0 fully saturated rings. The van der Waals surface area contributed by atoms with E-state index in [4.69, 9.17) is 0 Å². The average molecular weight is 727 g/mol. The number of aryl methyl sites for hydroxylation is 2. The number of phenolic OH excluding ortho intramolecular Hbond substituents is 2. The first-order valence-electron chi connectivity index (χ1n) is 22.2. The van der Waals surface area contributed by atoms with Gasteiger partial charge in [-0.05, 0) is 85.8 Å².